The fourth-order valence-corrected chi connectivity index (χ4v) is 2.94. The van der Waals surface area contributed by atoms with Gasteiger partial charge in [-0.05, 0) is 6.92 Å². The lowest BCUT2D eigenvalue weighted by atomic mass is 9.90. The summed E-state index contributed by atoms with van der Waals surface area (Å²) >= 11 is 0. The number of anilines is 1. The van der Waals surface area contributed by atoms with Crippen molar-refractivity contribution in [1.82, 2.24) is 19.5 Å². The zero-order valence-corrected chi connectivity index (χ0v) is 13.5. The minimum Gasteiger partial charge on any atom is -0.456 e. The Morgan fingerprint density at radius 1 is 1.40 bits per heavy atom. The molecule has 4 atom stereocenters. The lowest BCUT2D eigenvalue weighted by molar-refractivity contribution is -0.170. The number of ketones is 1. The molecule has 0 bridgehead atoms. The Bertz CT molecular complexity index is 838. The van der Waals surface area contributed by atoms with E-state index < -0.39 is 42.4 Å². The van der Waals surface area contributed by atoms with Crippen molar-refractivity contribution in [1.29, 1.82) is 0 Å². The molecule has 0 spiro atoms. The van der Waals surface area contributed by atoms with Gasteiger partial charge in [0, 0.05) is 6.92 Å². The summed E-state index contributed by atoms with van der Waals surface area (Å²) in [6.45, 7) is 1.69. The highest BCUT2D eigenvalue weighted by Crippen LogP contribution is 2.42. The third kappa shape index (κ3) is 2.52. The lowest BCUT2D eigenvalue weighted by Crippen LogP contribution is -2.54. The highest BCUT2D eigenvalue weighted by molar-refractivity contribution is 5.88. The molecule has 1 aliphatic heterocycles. The van der Waals surface area contributed by atoms with Crippen molar-refractivity contribution in [2.24, 2.45) is 0 Å². The molecule has 2 aromatic heterocycles. The number of nitrogen functional groups attached to an aromatic ring is 1. The molecule has 0 saturated carbocycles. The fraction of sp³-hybridized carbons (Fsp3) is 0.500. The molecular formula is C14H17N5O6. The van der Waals surface area contributed by atoms with Gasteiger partial charge in [-0.15, -0.1) is 0 Å². The van der Waals surface area contributed by atoms with E-state index in [2.05, 4.69) is 15.0 Å². The first kappa shape index (κ1) is 17.2. The zero-order chi connectivity index (χ0) is 18.4. The zero-order valence-electron chi connectivity index (χ0n) is 13.5. The number of aliphatic hydroxyl groups is 2. The normalized spacial score (nSPS) is 29.0. The van der Waals surface area contributed by atoms with E-state index >= 15 is 0 Å². The van der Waals surface area contributed by atoms with E-state index in [1.807, 2.05) is 0 Å². The van der Waals surface area contributed by atoms with Gasteiger partial charge in [-0.3, -0.25) is 14.2 Å². The van der Waals surface area contributed by atoms with E-state index in [0.29, 0.717) is 0 Å². The van der Waals surface area contributed by atoms with Crippen molar-refractivity contribution in [3.05, 3.63) is 12.7 Å². The fourth-order valence-electron chi connectivity index (χ4n) is 2.94. The maximum atomic E-state index is 12.2. The number of hydrogen-bond donors (Lipinski definition) is 3. The van der Waals surface area contributed by atoms with Crippen LogP contribution in [0.4, 0.5) is 5.82 Å². The summed E-state index contributed by atoms with van der Waals surface area (Å²) in [5, 5.41) is 20.6. The molecule has 11 heteroatoms. The van der Waals surface area contributed by atoms with E-state index in [0.717, 1.165) is 13.8 Å². The Balaban J connectivity index is 2.14. The highest BCUT2D eigenvalue weighted by atomic mass is 16.6. The minimum atomic E-state index is -2.24. The van der Waals surface area contributed by atoms with E-state index in [-0.39, 0.29) is 17.0 Å². The average Bonchev–Trinajstić information content (AvgIpc) is 3.09. The number of nitrogens with zero attached hydrogens (tertiary/aromatic N) is 4. The molecule has 11 nitrogen and oxygen atoms in total. The Hall–Kier alpha value is -2.63. The first-order valence-corrected chi connectivity index (χ1v) is 7.40. The number of esters is 1. The van der Waals surface area contributed by atoms with Crippen LogP contribution >= 0.6 is 0 Å². The van der Waals surface area contributed by atoms with Gasteiger partial charge < -0.3 is 25.4 Å². The Kier molecular flexibility index (Phi) is 4.14. The molecule has 1 aliphatic rings. The van der Waals surface area contributed by atoms with Crippen molar-refractivity contribution in [2.45, 2.75) is 37.9 Å². The van der Waals surface area contributed by atoms with Gasteiger partial charge >= 0.3 is 5.97 Å². The molecule has 134 valence electrons. The molecule has 3 heterocycles. The number of Topliss-reactive ketones (excluding diaryl/α,β-unsaturated/α-hetero) is 1. The Labute approximate surface area is 141 Å². The maximum absolute atomic E-state index is 12.2. The molecule has 4 N–H and O–H groups in total. The number of aliphatic hydroxyl groups excluding tert-OH is 1. The molecule has 1 saturated heterocycles. The molecule has 0 aromatic carbocycles. The smallest absolute Gasteiger partial charge is 0.303 e. The second-order valence-corrected chi connectivity index (χ2v) is 5.70. The van der Waals surface area contributed by atoms with Crippen LogP contribution in [0.15, 0.2) is 12.7 Å². The SMILES string of the molecule is CC(=O)O[C@@H]1[C@@H](CO)O[C@@H](n2cnc3c(N)ncnc32)[C@@]1(O)C(C)=O. The van der Waals surface area contributed by atoms with Crippen LogP contribution in [-0.2, 0) is 19.1 Å². The third-order valence-corrected chi connectivity index (χ3v) is 4.13. The monoisotopic (exact) mass is 351 g/mol. The van der Waals surface area contributed by atoms with Gasteiger partial charge in [0.05, 0.1) is 12.9 Å². The molecular weight excluding hydrogens is 334 g/mol. The number of carbonyl (C=O) groups excluding carboxylic acids is 2. The van der Waals surface area contributed by atoms with Crippen LogP contribution in [0.25, 0.3) is 11.2 Å². The molecule has 25 heavy (non-hydrogen) atoms. The van der Waals surface area contributed by atoms with Gasteiger partial charge in [0.2, 0.25) is 5.60 Å². The van der Waals surface area contributed by atoms with Gasteiger partial charge in [-0.25, -0.2) is 15.0 Å². The maximum Gasteiger partial charge on any atom is 0.303 e. The summed E-state index contributed by atoms with van der Waals surface area (Å²) in [4.78, 5) is 35.5. The number of rotatable bonds is 4. The number of nitrogens with two attached hydrogens (primary N) is 1. The molecule has 3 rings (SSSR count). The largest absolute Gasteiger partial charge is 0.456 e. The summed E-state index contributed by atoms with van der Waals surface area (Å²) in [5.74, 6) is -1.32. The van der Waals surface area contributed by atoms with Crippen LogP contribution in [0, 0.1) is 0 Å². The number of hydrogen-bond acceptors (Lipinski definition) is 10. The van der Waals surface area contributed by atoms with Crippen molar-refractivity contribution in [3.8, 4) is 0 Å². The minimum absolute atomic E-state index is 0.114. The molecule has 1 fully saturated rings. The van der Waals surface area contributed by atoms with Gasteiger partial charge in [0.15, 0.2) is 29.6 Å². The van der Waals surface area contributed by atoms with Crippen LogP contribution in [0.2, 0.25) is 0 Å². The molecule has 0 unspecified atom stereocenters. The average molecular weight is 351 g/mol. The number of aromatic nitrogens is 4. The summed E-state index contributed by atoms with van der Waals surface area (Å²) in [7, 11) is 0. The van der Waals surface area contributed by atoms with Gasteiger partial charge in [0.25, 0.3) is 0 Å². The molecule has 0 aliphatic carbocycles. The molecule has 2 aromatic rings. The molecule has 0 radical (unpaired) electrons. The first-order chi connectivity index (χ1) is 11.8. The summed E-state index contributed by atoms with van der Waals surface area (Å²) in [5.41, 5.74) is 3.97. The topological polar surface area (TPSA) is 163 Å². The quantitative estimate of drug-likeness (QED) is 0.555. The third-order valence-electron chi connectivity index (χ3n) is 4.13. The van der Waals surface area contributed by atoms with Crippen LogP contribution in [-0.4, -0.2) is 65.9 Å². The highest BCUT2D eigenvalue weighted by Gasteiger charge is 2.62. The number of carbonyl (C=O) groups is 2. The Morgan fingerprint density at radius 2 is 2.12 bits per heavy atom. The molecule has 0 amide bonds. The van der Waals surface area contributed by atoms with Crippen molar-refractivity contribution in [2.75, 3.05) is 12.3 Å². The second kappa shape index (κ2) is 6.02. The van der Waals surface area contributed by atoms with E-state index in [1.165, 1.54) is 17.2 Å². The summed E-state index contributed by atoms with van der Waals surface area (Å²) in [6, 6.07) is 0. The number of fused-ring (bicyclic) bond motifs is 1. The van der Waals surface area contributed by atoms with Crippen LogP contribution in [0.1, 0.15) is 20.1 Å². The van der Waals surface area contributed by atoms with E-state index in [9.17, 15) is 19.8 Å². The predicted octanol–water partition coefficient (Wildman–Crippen LogP) is -1.45. The lowest BCUT2D eigenvalue weighted by Gasteiger charge is -2.30. The standard InChI is InChI=1S/C14H17N5O6/c1-6(21)14(23)10(24-7(2)22)8(3-20)25-13(14)19-5-18-9-11(15)16-4-17-12(9)19/h4-5,8,10,13,20,23H,3H2,1-2H3,(H2,15,16,17)/t8-,10-,13-,14-/m1/s1. The van der Waals surface area contributed by atoms with Crippen molar-refractivity contribution < 1.29 is 29.3 Å². The second-order valence-electron chi connectivity index (χ2n) is 5.70. The van der Waals surface area contributed by atoms with Crippen LogP contribution < -0.4 is 5.73 Å². The van der Waals surface area contributed by atoms with E-state index in [4.69, 9.17) is 15.2 Å². The van der Waals surface area contributed by atoms with E-state index in [1.54, 1.807) is 0 Å². The van der Waals surface area contributed by atoms with Crippen molar-refractivity contribution in [3.63, 3.8) is 0 Å². The number of imidazole rings is 1. The van der Waals surface area contributed by atoms with Gasteiger partial charge in [-0.1, -0.05) is 0 Å². The van der Waals surface area contributed by atoms with Crippen molar-refractivity contribution >= 4 is 28.7 Å². The van der Waals surface area contributed by atoms with Crippen LogP contribution in [0.3, 0.4) is 0 Å². The number of ether oxygens (including phenoxy) is 2. The Morgan fingerprint density at radius 3 is 2.72 bits per heavy atom. The summed E-state index contributed by atoms with van der Waals surface area (Å²) in [6.07, 6.45) is -1.36. The summed E-state index contributed by atoms with van der Waals surface area (Å²) < 4.78 is 12.0. The van der Waals surface area contributed by atoms with Gasteiger partial charge in [0.1, 0.15) is 17.9 Å². The first-order valence-electron chi connectivity index (χ1n) is 7.40. The van der Waals surface area contributed by atoms with Gasteiger partial charge in [-0.2, -0.15) is 0 Å². The predicted molar refractivity (Wildman–Crippen MR) is 81.9 cm³/mol. The van der Waals surface area contributed by atoms with Crippen LogP contribution in [0.5, 0.6) is 0 Å².